The Morgan fingerprint density at radius 2 is 1.79 bits per heavy atom. The lowest BCUT2D eigenvalue weighted by Crippen LogP contribution is -2.42. The smallest absolute Gasteiger partial charge is 0.241 e. The molecule has 1 amide bonds. The van der Waals surface area contributed by atoms with Gasteiger partial charge in [-0.2, -0.15) is 0 Å². The van der Waals surface area contributed by atoms with Crippen molar-refractivity contribution in [3.8, 4) is 0 Å². The van der Waals surface area contributed by atoms with Gasteiger partial charge in [0.25, 0.3) is 0 Å². The van der Waals surface area contributed by atoms with Crippen LogP contribution in [0, 0.1) is 20.8 Å². The van der Waals surface area contributed by atoms with Gasteiger partial charge in [-0.3, -0.25) is 9.10 Å². The zero-order valence-electron chi connectivity index (χ0n) is 16.9. The van der Waals surface area contributed by atoms with Crippen molar-refractivity contribution in [2.75, 3.05) is 17.1 Å². The summed E-state index contributed by atoms with van der Waals surface area (Å²) in [4.78, 5) is 12.7. The highest BCUT2D eigenvalue weighted by atomic mass is 35.5. The maximum atomic E-state index is 12.7. The number of benzene rings is 2. The normalized spacial score (nSPS) is 12.5. The predicted octanol–water partition coefficient (Wildman–Crippen LogP) is 4.30. The molecule has 1 N–H and O–H groups in total. The summed E-state index contributed by atoms with van der Waals surface area (Å²) in [7, 11) is -3.66. The molecule has 0 radical (unpaired) electrons. The Balaban J connectivity index is 2.27. The van der Waals surface area contributed by atoms with E-state index in [-0.39, 0.29) is 18.5 Å². The van der Waals surface area contributed by atoms with Crippen LogP contribution in [0.15, 0.2) is 36.4 Å². The molecule has 28 heavy (non-hydrogen) atoms. The fourth-order valence-electron chi connectivity index (χ4n) is 3.22. The molecule has 0 aliphatic rings. The number of hydrogen-bond acceptors (Lipinski definition) is 3. The SMILES string of the molecule is CCC(NC(=O)CN(c1cc(Cl)ccc1C)S(C)(=O)=O)c1ccc(C)cc1C. The van der Waals surface area contributed by atoms with Crippen molar-refractivity contribution in [1.82, 2.24) is 5.32 Å². The number of rotatable bonds is 7. The van der Waals surface area contributed by atoms with E-state index in [2.05, 4.69) is 11.4 Å². The van der Waals surface area contributed by atoms with Gasteiger partial charge < -0.3 is 5.32 Å². The minimum Gasteiger partial charge on any atom is -0.348 e. The third kappa shape index (κ3) is 5.49. The summed E-state index contributed by atoms with van der Waals surface area (Å²) < 4.78 is 25.8. The molecule has 0 aromatic heterocycles. The van der Waals surface area contributed by atoms with Crippen molar-refractivity contribution in [2.45, 2.75) is 40.2 Å². The molecule has 2 rings (SSSR count). The van der Waals surface area contributed by atoms with Crippen LogP contribution < -0.4 is 9.62 Å². The van der Waals surface area contributed by atoms with Crippen molar-refractivity contribution in [2.24, 2.45) is 0 Å². The summed E-state index contributed by atoms with van der Waals surface area (Å²) in [5, 5.41) is 3.38. The number of halogens is 1. The van der Waals surface area contributed by atoms with Crippen LogP contribution in [-0.4, -0.2) is 27.1 Å². The van der Waals surface area contributed by atoms with E-state index in [1.807, 2.05) is 32.9 Å². The number of carbonyl (C=O) groups excluding carboxylic acids is 1. The molecule has 152 valence electrons. The molecule has 5 nitrogen and oxygen atoms in total. The van der Waals surface area contributed by atoms with E-state index in [0.29, 0.717) is 17.1 Å². The third-order valence-electron chi connectivity index (χ3n) is 4.67. The first kappa shape index (κ1) is 22.2. The van der Waals surface area contributed by atoms with Crippen LogP contribution >= 0.6 is 11.6 Å². The van der Waals surface area contributed by atoms with Crippen molar-refractivity contribution < 1.29 is 13.2 Å². The molecule has 2 aromatic rings. The molecule has 0 spiro atoms. The Bertz CT molecular complexity index is 974. The van der Waals surface area contributed by atoms with Gasteiger partial charge in [0.2, 0.25) is 15.9 Å². The molecule has 0 fully saturated rings. The first-order valence-corrected chi connectivity index (χ1v) is 11.4. The summed E-state index contributed by atoms with van der Waals surface area (Å²) in [6.07, 6.45) is 1.78. The summed E-state index contributed by atoms with van der Waals surface area (Å²) in [6, 6.07) is 10.9. The summed E-state index contributed by atoms with van der Waals surface area (Å²) in [5.74, 6) is -0.364. The molecule has 7 heteroatoms. The zero-order valence-corrected chi connectivity index (χ0v) is 18.5. The highest BCUT2D eigenvalue weighted by Crippen LogP contribution is 2.27. The molecule has 0 saturated carbocycles. The quantitative estimate of drug-likeness (QED) is 0.723. The molecule has 0 bridgehead atoms. The predicted molar refractivity (Wildman–Crippen MR) is 115 cm³/mol. The second kappa shape index (κ2) is 8.97. The highest BCUT2D eigenvalue weighted by molar-refractivity contribution is 7.92. The molecular weight excluding hydrogens is 396 g/mol. The fraction of sp³-hybridized carbons (Fsp3) is 0.381. The van der Waals surface area contributed by atoms with Gasteiger partial charge in [-0.05, 0) is 56.0 Å². The topological polar surface area (TPSA) is 66.5 Å². The Hall–Kier alpha value is -2.05. The van der Waals surface area contributed by atoms with Crippen LogP contribution in [0.4, 0.5) is 5.69 Å². The van der Waals surface area contributed by atoms with Gasteiger partial charge in [-0.1, -0.05) is 48.4 Å². The lowest BCUT2D eigenvalue weighted by molar-refractivity contribution is -0.120. The van der Waals surface area contributed by atoms with Crippen LogP contribution in [0.3, 0.4) is 0 Å². The highest BCUT2D eigenvalue weighted by Gasteiger charge is 2.24. The first-order valence-electron chi connectivity index (χ1n) is 9.13. The lowest BCUT2D eigenvalue weighted by atomic mass is 9.97. The lowest BCUT2D eigenvalue weighted by Gasteiger charge is -2.26. The largest absolute Gasteiger partial charge is 0.348 e. The average Bonchev–Trinajstić information content (AvgIpc) is 2.59. The number of aryl methyl sites for hydroxylation is 3. The zero-order chi connectivity index (χ0) is 21.1. The molecule has 0 saturated heterocycles. The van der Waals surface area contributed by atoms with Crippen LogP contribution in [0.5, 0.6) is 0 Å². The first-order chi connectivity index (χ1) is 13.0. The van der Waals surface area contributed by atoms with Crippen LogP contribution in [0.25, 0.3) is 0 Å². The van der Waals surface area contributed by atoms with Crippen molar-refractivity contribution in [1.29, 1.82) is 0 Å². The number of sulfonamides is 1. The standard InChI is InChI=1S/C21H27ClN2O3S/c1-6-19(18-10-7-14(2)11-16(18)4)23-21(25)13-24(28(5,26)27)20-12-17(22)9-8-15(20)3/h7-12,19H,6,13H2,1-5H3,(H,23,25). The molecular formula is C21H27ClN2O3S. The second-order valence-electron chi connectivity index (χ2n) is 7.09. The minimum absolute atomic E-state index is 0.185. The van der Waals surface area contributed by atoms with Crippen molar-refractivity contribution >= 4 is 33.2 Å². The van der Waals surface area contributed by atoms with E-state index in [1.54, 1.807) is 25.1 Å². The Morgan fingerprint density at radius 1 is 1.11 bits per heavy atom. The van der Waals surface area contributed by atoms with Gasteiger partial charge in [-0.15, -0.1) is 0 Å². The molecule has 0 aliphatic carbocycles. The van der Waals surface area contributed by atoms with Gasteiger partial charge in [0, 0.05) is 5.02 Å². The van der Waals surface area contributed by atoms with E-state index in [4.69, 9.17) is 11.6 Å². The number of nitrogens with zero attached hydrogens (tertiary/aromatic N) is 1. The van der Waals surface area contributed by atoms with E-state index >= 15 is 0 Å². The Kier molecular flexibility index (Phi) is 7.12. The molecule has 0 aliphatic heterocycles. The number of amides is 1. The minimum atomic E-state index is -3.66. The Morgan fingerprint density at radius 3 is 2.36 bits per heavy atom. The molecule has 1 unspecified atom stereocenters. The summed E-state index contributed by atoms with van der Waals surface area (Å²) in [6.45, 7) is 7.50. The van der Waals surface area contributed by atoms with Crippen LogP contribution in [-0.2, 0) is 14.8 Å². The van der Waals surface area contributed by atoms with Gasteiger partial charge in [0.05, 0.1) is 18.0 Å². The van der Waals surface area contributed by atoms with Crippen LogP contribution in [0.1, 0.15) is 41.6 Å². The number of carbonyl (C=O) groups is 1. The van der Waals surface area contributed by atoms with Crippen molar-refractivity contribution in [3.63, 3.8) is 0 Å². The summed E-state index contributed by atoms with van der Waals surface area (Å²) >= 11 is 6.04. The fourth-order valence-corrected chi connectivity index (χ4v) is 4.29. The molecule has 1 atom stereocenters. The maximum Gasteiger partial charge on any atom is 0.241 e. The monoisotopic (exact) mass is 422 g/mol. The van der Waals surface area contributed by atoms with E-state index in [0.717, 1.165) is 32.8 Å². The number of hydrogen-bond donors (Lipinski definition) is 1. The number of nitrogens with one attached hydrogen (secondary N) is 1. The van der Waals surface area contributed by atoms with Gasteiger partial charge in [0.1, 0.15) is 6.54 Å². The van der Waals surface area contributed by atoms with Gasteiger partial charge in [-0.25, -0.2) is 8.42 Å². The Labute approximate surface area is 172 Å². The van der Waals surface area contributed by atoms with E-state index < -0.39 is 10.0 Å². The molecule has 2 aromatic carbocycles. The van der Waals surface area contributed by atoms with Gasteiger partial charge >= 0.3 is 0 Å². The number of anilines is 1. The van der Waals surface area contributed by atoms with E-state index in [9.17, 15) is 13.2 Å². The third-order valence-corrected chi connectivity index (χ3v) is 6.03. The van der Waals surface area contributed by atoms with Crippen molar-refractivity contribution in [3.05, 3.63) is 63.7 Å². The van der Waals surface area contributed by atoms with E-state index in [1.165, 1.54) is 0 Å². The summed E-state index contributed by atoms with van der Waals surface area (Å²) in [5.41, 5.74) is 4.42. The maximum absolute atomic E-state index is 12.7. The molecule has 0 heterocycles. The second-order valence-corrected chi connectivity index (χ2v) is 9.43. The van der Waals surface area contributed by atoms with Crippen LogP contribution in [0.2, 0.25) is 5.02 Å². The average molecular weight is 423 g/mol. The van der Waals surface area contributed by atoms with Gasteiger partial charge in [0.15, 0.2) is 0 Å².